The Kier molecular flexibility index (Phi) is 4.45. The van der Waals surface area contributed by atoms with Crippen LogP contribution >= 0.6 is 23.2 Å². The van der Waals surface area contributed by atoms with E-state index in [9.17, 15) is 4.79 Å². The van der Waals surface area contributed by atoms with E-state index in [0.717, 1.165) is 0 Å². The number of rotatable bonds is 3. The van der Waals surface area contributed by atoms with Crippen LogP contribution in [0.3, 0.4) is 0 Å². The summed E-state index contributed by atoms with van der Waals surface area (Å²) >= 11 is 11.9. The molecule has 0 radical (unpaired) electrons. The SMILES string of the molecule is O=C(Nc1ccnn1-c1ncc(Cl)cc1Cl)Oc1ccccc1. The number of halogens is 2. The Hall–Kier alpha value is -2.57. The number of hydrogen-bond donors (Lipinski definition) is 1. The second-order valence-electron chi connectivity index (χ2n) is 4.41. The predicted molar refractivity (Wildman–Crippen MR) is 87.5 cm³/mol. The first kappa shape index (κ1) is 15.3. The van der Waals surface area contributed by atoms with E-state index in [-0.39, 0.29) is 0 Å². The maximum atomic E-state index is 12.0. The van der Waals surface area contributed by atoms with E-state index < -0.39 is 6.09 Å². The minimum absolute atomic E-state index is 0.306. The van der Waals surface area contributed by atoms with Crippen LogP contribution in [0.4, 0.5) is 10.6 Å². The Bertz CT molecular complexity index is 837. The normalized spacial score (nSPS) is 10.3. The summed E-state index contributed by atoms with van der Waals surface area (Å²) in [6.45, 7) is 0. The van der Waals surface area contributed by atoms with Crippen molar-refractivity contribution in [1.82, 2.24) is 14.8 Å². The predicted octanol–water partition coefficient (Wildman–Crippen LogP) is 4.19. The largest absolute Gasteiger partial charge is 0.418 e. The van der Waals surface area contributed by atoms with Crippen LogP contribution < -0.4 is 10.1 Å². The summed E-state index contributed by atoms with van der Waals surface area (Å²) in [5.74, 6) is 1.14. The van der Waals surface area contributed by atoms with Crippen LogP contribution in [-0.4, -0.2) is 20.9 Å². The van der Waals surface area contributed by atoms with Gasteiger partial charge in [-0.05, 0) is 18.2 Å². The fourth-order valence-electron chi connectivity index (χ4n) is 1.86. The van der Waals surface area contributed by atoms with Gasteiger partial charge in [0.2, 0.25) is 0 Å². The van der Waals surface area contributed by atoms with Crippen LogP contribution in [0, 0.1) is 0 Å². The number of benzene rings is 1. The molecule has 3 aromatic rings. The van der Waals surface area contributed by atoms with Gasteiger partial charge in [-0.1, -0.05) is 41.4 Å². The summed E-state index contributed by atoms with van der Waals surface area (Å²) in [5.41, 5.74) is 0. The lowest BCUT2D eigenvalue weighted by Gasteiger charge is -2.10. The standard InChI is InChI=1S/C15H10Cl2N4O2/c16-10-8-12(17)14(18-9-10)21-13(6-7-19-21)20-15(22)23-11-4-2-1-3-5-11/h1-9H,(H,20,22). The van der Waals surface area contributed by atoms with Crippen molar-refractivity contribution < 1.29 is 9.53 Å². The molecular weight excluding hydrogens is 339 g/mol. The Morgan fingerprint density at radius 3 is 2.70 bits per heavy atom. The van der Waals surface area contributed by atoms with E-state index in [4.69, 9.17) is 27.9 Å². The molecule has 0 saturated carbocycles. The van der Waals surface area contributed by atoms with E-state index in [0.29, 0.717) is 27.4 Å². The highest BCUT2D eigenvalue weighted by Gasteiger charge is 2.14. The summed E-state index contributed by atoms with van der Waals surface area (Å²) < 4.78 is 6.54. The maximum absolute atomic E-state index is 12.0. The van der Waals surface area contributed by atoms with Gasteiger partial charge in [0.25, 0.3) is 0 Å². The zero-order valence-electron chi connectivity index (χ0n) is 11.6. The monoisotopic (exact) mass is 348 g/mol. The van der Waals surface area contributed by atoms with Gasteiger partial charge in [-0.2, -0.15) is 9.78 Å². The third kappa shape index (κ3) is 3.61. The number of anilines is 1. The molecule has 0 saturated heterocycles. The van der Waals surface area contributed by atoms with Crippen molar-refractivity contribution in [3.8, 4) is 11.6 Å². The van der Waals surface area contributed by atoms with Crippen molar-refractivity contribution in [3.63, 3.8) is 0 Å². The second-order valence-corrected chi connectivity index (χ2v) is 5.26. The van der Waals surface area contributed by atoms with Crippen LogP contribution in [0.1, 0.15) is 0 Å². The molecule has 2 heterocycles. The summed E-state index contributed by atoms with van der Waals surface area (Å²) in [4.78, 5) is 16.1. The molecule has 0 unspecified atom stereocenters. The zero-order chi connectivity index (χ0) is 16.2. The first-order chi connectivity index (χ1) is 11.1. The minimum Gasteiger partial charge on any atom is -0.410 e. The Balaban J connectivity index is 1.80. The molecule has 8 heteroatoms. The van der Waals surface area contributed by atoms with E-state index in [1.807, 2.05) is 6.07 Å². The van der Waals surface area contributed by atoms with Gasteiger partial charge in [0.15, 0.2) is 5.82 Å². The minimum atomic E-state index is -0.650. The van der Waals surface area contributed by atoms with Crippen molar-refractivity contribution in [2.45, 2.75) is 0 Å². The molecule has 0 spiro atoms. The Labute approximate surface area is 141 Å². The fourth-order valence-corrected chi connectivity index (χ4v) is 2.32. The van der Waals surface area contributed by atoms with Gasteiger partial charge in [-0.15, -0.1) is 0 Å². The Morgan fingerprint density at radius 2 is 1.96 bits per heavy atom. The van der Waals surface area contributed by atoms with E-state index in [2.05, 4.69) is 15.4 Å². The van der Waals surface area contributed by atoms with Gasteiger partial charge < -0.3 is 4.74 Å². The number of nitrogens with one attached hydrogen (secondary N) is 1. The second kappa shape index (κ2) is 6.68. The van der Waals surface area contributed by atoms with Crippen molar-refractivity contribution in [2.75, 3.05) is 5.32 Å². The van der Waals surface area contributed by atoms with Gasteiger partial charge in [-0.3, -0.25) is 5.32 Å². The number of ether oxygens (including phenoxy) is 1. The highest BCUT2D eigenvalue weighted by Crippen LogP contribution is 2.24. The molecule has 0 bridgehead atoms. The number of para-hydroxylation sites is 1. The van der Waals surface area contributed by atoms with Crippen LogP contribution in [0.2, 0.25) is 10.0 Å². The van der Waals surface area contributed by atoms with Crippen LogP contribution in [0.25, 0.3) is 5.82 Å². The van der Waals surface area contributed by atoms with Crippen molar-refractivity contribution in [2.24, 2.45) is 0 Å². The molecule has 0 aliphatic carbocycles. The lowest BCUT2D eigenvalue weighted by atomic mass is 10.3. The molecule has 6 nitrogen and oxygen atoms in total. The average molecular weight is 349 g/mol. The number of carbonyl (C=O) groups excluding carboxylic acids is 1. The highest BCUT2D eigenvalue weighted by atomic mass is 35.5. The van der Waals surface area contributed by atoms with Gasteiger partial charge >= 0.3 is 6.09 Å². The van der Waals surface area contributed by atoms with E-state index in [1.54, 1.807) is 36.4 Å². The summed E-state index contributed by atoms with van der Waals surface area (Å²) in [6.07, 6.45) is 2.30. The summed E-state index contributed by atoms with van der Waals surface area (Å²) in [6, 6.07) is 11.9. The Morgan fingerprint density at radius 1 is 1.17 bits per heavy atom. The first-order valence-electron chi connectivity index (χ1n) is 6.53. The molecule has 116 valence electrons. The van der Waals surface area contributed by atoms with Gasteiger partial charge in [0.1, 0.15) is 11.6 Å². The quantitative estimate of drug-likeness (QED) is 0.770. The van der Waals surface area contributed by atoms with Crippen LogP contribution in [0.15, 0.2) is 54.9 Å². The average Bonchev–Trinajstić information content (AvgIpc) is 2.96. The fraction of sp³-hybridized carbons (Fsp3) is 0. The van der Waals surface area contributed by atoms with Crippen molar-refractivity contribution in [3.05, 3.63) is 64.9 Å². The lowest BCUT2D eigenvalue weighted by Crippen LogP contribution is -2.19. The smallest absolute Gasteiger partial charge is 0.410 e. The molecular formula is C15H10Cl2N4O2. The molecule has 3 rings (SSSR count). The van der Waals surface area contributed by atoms with Crippen LogP contribution in [0.5, 0.6) is 5.75 Å². The number of nitrogens with zero attached hydrogens (tertiary/aromatic N) is 3. The number of aromatic nitrogens is 3. The number of carbonyl (C=O) groups is 1. The lowest BCUT2D eigenvalue weighted by molar-refractivity contribution is 0.215. The molecule has 2 aromatic heterocycles. The highest BCUT2D eigenvalue weighted by molar-refractivity contribution is 6.35. The van der Waals surface area contributed by atoms with Crippen LogP contribution in [-0.2, 0) is 0 Å². The topological polar surface area (TPSA) is 69.0 Å². The molecule has 1 amide bonds. The molecule has 1 N–H and O–H groups in total. The van der Waals surface area contributed by atoms with Gasteiger partial charge in [-0.25, -0.2) is 9.78 Å². The molecule has 0 fully saturated rings. The van der Waals surface area contributed by atoms with Gasteiger partial charge in [0.05, 0.1) is 16.2 Å². The summed E-state index contributed by atoms with van der Waals surface area (Å²) in [7, 11) is 0. The van der Waals surface area contributed by atoms with E-state index >= 15 is 0 Å². The number of pyridine rings is 1. The molecule has 0 atom stereocenters. The van der Waals surface area contributed by atoms with E-state index in [1.165, 1.54) is 17.1 Å². The zero-order valence-corrected chi connectivity index (χ0v) is 13.1. The number of hydrogen-bond acceptors (Lipinski definition) is 4. The molecule has 23 heavy (non-hydrogen) atoms. The summed E-state index contributed by atoms with van der Waals surface area (Å²) in [5, 5.41) is 7.39. The van der Waals surface area contributed by atoms with Crippen molar-refractivity contribution >= 4 is 35.1 Å². The third-order valence-electron chi connectivity index (χ3n) is 2.82. The number of amides is 1. The molecule has 0 aliphatic heterocycles. The molecule has 0 aliphatic rings. The third-order valence-corrected chi connectivity index (χ3v) is 3.30. The first-order valence-corrected chi connectivity index (χ1v) is 7.28. The van der Waals surface area contributed by atoms with Crippen molar-refractivity contribution in [1.29, 1.82) is 0 Å². The maximum Gasteiger partial charge on any atom is 0.418 e. The van der Waals surface area contributed by atoms with Gasteiger partial charge in [0, 0.05) is 12.3 Å². The molecule has 1 aromatic carbocycles.